The lowest BCUT2D eigenvalue weighted by atomic mass is 9.88. The van der Waals surface area contributed by atoms with Crippen molar-refractivity contribution in [3.05, 3.63) is 94.8 Å². The van der Waals surface area contributed by atoms with Crippen LogP contribution in [-0.4, -0.2) is 23.9 Å². The van der Waals surface area contributed by atoms with Gasteiger partial charge < -0.3 is 4.90 Å². The van der Waals surface area contributed by atoms with Gasteiger partial charge in [0.15, 0.2) is 0 Å². The molecule has 1 aliphatic rings. The summed E-state index contributed by atoms with van der Waals surface area (Å²) in [6, 6.07) is 22.1. The zero-order valence-corrected chi connectivity index (χ0v) is 16.9. The number of nitriles is 1. The molecule has 3 aromatic rings. The van der Waals surface area contributed by atoms with Crippen LogP contribution >= 0.6 is 0 Å². The third kappa shape index (κ3) is 3.97. The van der Waals surface area contributed by atoms with Crippen molar-refractivity contribution in [1.82, 2.24) is 4.90 Å². The number of hydrogen-bond acceptors (Lipinski definition) is 2. The Labute approximate surface area is 176 Å². The monoisotopic (exact) mass is 398 g/mol. The summed E-state index contributed by atoms with van der Waals surface area (Å²) in [6.07, 6.45) is 1.79. The molecule has 1 saturated heterocycles. The summed E-state index contributed by atoms with van der Waals surface area (Å²) in [6.45, 7) is 3.30. The first-order chi connectivity index (χ1) is 14.6. The number of carbonyl (C=O) groups excluding carboxylic acids is 1. The van der Waals surface area contributed by atoms with Crippen molar-refractivity contribution in [2.24, 2.45) is 0 Å². The second-order valence-corrected chi connectivity index (χ2v) is 7.81. The highest BCUT2D eigenvalue weighted by atomic mass is 19.1. The van der Waals surface area contributed by atoms with Gasteiger partial charge in [-0.05, 0) is 72.7 Å². The molecule has 0 N–H and O–H groups in total. The van der Waals surface area contributed by atoms with E-state index in [4.69, 9.17) is 5.26 Å². The van der Waals surface area contributed by atoms with Crippen LogP contribution in [0.25, 0.3) is 11.1 Å². The topological polar surface area (TPSA) is 44.1 Å². The van der Waals surface area contributed by atoms with Gasteiger partial charge in [0.05, 0.1) is 11.6 Å². The second kappa shape index (κ2) is 8.51. The fraction of sp³-hybridized carbons (Fsp3) is 0.231. The van der Waals surface area contributed by atoms with Crippen molar-refractivity contribution in [2.45, 2.75) is 25.7 Å². The molecule has 4 heteroatoms. The van der Waals surface area contributed by atoms with Crippen LogP contribution in [0.1, 0.15) is 45.8 Å². The average Bonchev–Trinajstić information content (AvgIpc) is 2.80. The van der Waals surface area contributed by atoms with Gasteiger partial charge in [-0.2, -0.15) is 5.26 Å². The fourth-order valence-corrected chi connectivity index (χ4v) is 4.15. The van der Waals surface area contributed by atoms with Gasteiger partial charge in [-0.25, -0.2) is 4.39 Å². The number of nitrogens with zero attached hydrogens (tertiary/aromatic N) is 2. The van der Waals surface area contributed by atoms with Crippen LogP contribution in [-0.2, 0) is 0 Å². The fourth-order valence-electron chi connectivity index (χ4n) is 4.15. The molecule has 0 spiro atoms. The first kappa shape index (κ1) is 19.8. The van der Waals surface area contributed by atoms with E-state index in [1.165, 1.54) is 11.6 Å². The molecule has 3 nitrogen and oxygen atoms in total. The summed E-state index contributed by atoms with van der Waals surface area (Å²) in [5.41, 5.74) is 4.69. The van der Waals surface area contributed by atoms with Gasteiger partial charge >= 0.3 is 0 Å². The minimum Gasteiger partial charge on any atom is -0.339 e. The molecule has 3 aromatic carbocycles. The minimum absolute atomic E-state index is 0.00846. The molecule has 0 aromatic heterocycles. The van der Waals surface area contributed by atoms with Crippen molar-refractivity contribution in [3.8, 4) is 17.2 Å². The van der Waals surface area contributed by atoms with E-state index < -0.39 is 0 Å². The standard InChI is InChI=1S/C26H23FN2O/c1-18-6-9-22(16-24(18)23-4-2-3-5-25(23)27)26(30)29-14-12-21(13-15-29)20-10-7-19(17-28)8-11-20/h2-11,16,21H,12-15H2,1H3. The lowest BCUT2D eigenvalue weighted by molar-refractivity contribution is 0.0713. The Morgan fingerprint density at radius 1 is 1.00 bits per heavy atom. The molecule has 4 rings (SSSR count). The van der Waals surface area contributed by atoms with Crippen molar-refractivity contribution < 1.29 is 9.18 Å². The van der Waals surface area contributed by atoms with Gasteiger partial charge in [0.1, 0.15) is 5.82 Å². The van der Waals surface area contributed by atoms with Gasteiger partial charge in [-0.1, -0.05) is 36.4 Å². The Hall–Kier alpha value is -3.45. The molecule has 1 amide bonds. The number of carbonyl (C=O) groups is 1. The van der Waals surface area contributed by atoms with E-state index in [1.54, 1.807) is 18.2 Å². The number of likely N-dealkylation sites (tertiary alicyclic amines) is 1. The van der Waals surface area contributed by atoms with Crippen molar-refractivity contribution in [1.29, 1.82) is 5.26 Å². The lowest BCUT2D eigenvalue weighted by Crippen LogP contribution is -2.37. The summed E-state index contributed by atoms with van der Waals surface area (Å²) in [4.78, 5) is 15.0. The van der Waals surface area contributed by atoms with Gasteiger partial charge in [0.2, 0.25) is 0 Å². The van der Waals surface area contributed by atoms with E-state index in [0.717, 1.165) is 24.0 Å². The van der Waals surface area contributed by atoms with Crippen LogP contribution in [0.3, 0.4) is 0 Å². The number of aryl methyl sites for hydroxylation is 1. The summed E-state index contributed by atoms with van der Waals surface area (Å²) < 4.78 is 14.3. The molecule has 0 saturated carbocycles. The quantitative estimate of drug-likeness (QED) is 0.569. The number of rotatable bonds is 3. The molecule has 1 aliphatic heterocycles. The highest BCUT2D eigenvalue weighted by molar-refractivity contribution is 5.96. The van der Waals surface area contributed by atoms with Gasteiger partial charge in [-0.15, -0.1) is 0 Å². The number of hydrogen-bond donors (Lipinski definition) is 0. The Bertz CT molecular complexity index is 1110. The Morgan fingerprint density at radius 2 is 1.70 bits per heavy atom. The highest BCUT2D eigenvalue weighted by Crippen LogP contribution is 2.31. The van der Waals surface area contributed by atoms with Crippen LogP contribution in [0.15, 0.2) is 66.7 Å². The molecule has 1 fully saturated rings. The predicted octanol–water partition coefficient (Wildman–Crippen LogP) is 5.69. The number of amides is 1. The van der Waals surface area contributed by atoms with E-state index in [9.17, 15) is 9.18 Å². The maximum Gasteiger partial charge on any atom is 0.253 e. The van der Waals surface area contributed by atoms with E-state index in [-0.39, 0.29) is 11.7 Å². The molecule has 30 heavy (non-hydrogen) atoms. The molecule has 1 heterocycles. The first-order valence-electron chi connectivity index (χ1n) is 10.2. The molecule has 150 valence electrons. The van der Waals surface area contributed by atoms with Crippen LogP contribution < -0.4 is 0 Å². The van der Waals surface area contributed by atoms with Gasteiger partial charge in [-0.3, -0.25) is 4.79 Å². The van der Waals surface area contributed by atoms with Gasteiger partial charge in [0.25, 0.3) is 5.91 Å². The van der Waals surface area contributed by atoms with E-state index in [1.807, 2.05) is 54.3 Å². The number of benzene rings is 3. The zero-order chi connectivity index (χ0) is 21.1. The Balaban J connectivity index is 1.49. The molecule has 0 atom stereocenters. The second-order valence-electron chi connectivity index (χ2n) is 7.81. The zero-order valence-electron chi connectivity index (χ0n) is 16.9. The lowest BCUT2D eigenvalue weighted by Gasteiger charge is -2.32. The van der Waals surface area contributed by atoms with Crippen LogP contribution in [0, 0.1) is 24.1 Å². The molecule has 0 unspecified atom stereocenters. The molecule has 0 radical (unpaired) electrons. The van der Waals surface area contributed by atoms with Crippen molar-refractivity contribution >= 4 is 5.91 Å². The number of halogens is 1. The summed E-state index contributed by atoms with van der Waals surface area (Å²) in [5, 5.41) is 8.95. The van der Waals surface area contributed by atoms with E-state index in [0.29, 0.717) is 35.7 Å². The maximum absolute atomic E-state index is 14.3. The normalized spacial score (nSPS) is 14.4. The van der Waals surface area contributed by atoms with Crippen molar-refractivity contribution in [2.75, 3.05) is 13.1 Å². The summed E-state index contributed by atoms with van der Waals surface area (Å²) in [5.74, 6) is 0.105. The first-order valence-corrected chi connectivity index (χ1v) is 10.2. The smallest absolute Gasteiger partial charge is 0.253 e. The van der Waals surface area contributed by atoms with Crippen LogP contribution in [0.5, 0.6) is 0 Å². The number of piperidine rings is 1. The largest absolute Gasteiger partial charge is 0.339 e. The average molecular weight is 398 g/mol. The molecular formula is C26H23FN2O. The SMILES string of the molecule is Cc1ccc(C(=O)N2CCC(c3ccc(C#N)cc3)CC2)cc1-c1ccccc1F. The summed E-state index contributed by atoms with van der Waals surface area (Å²) >= 11 is 0. The third-order valence-corrected chi connectivity index (χ3v) is 5.94. The Morgan fingerprint density at radius 3 is 2.37 bits per heavy atom. The van der Waals surface area contributed by atoms with Gasteiger partial charge in [0, 0.05) is 24.2 Å². The van der Waals surface area contributed by atoms with E-state index in [2.05, 4.69) is 6.07 Å². The third-order valence-electron chi connectivity index (χ3n) is 5.94. The van der Waals surface area contributed by atoms with Crippen LogP contribution in [0.4, 0.5) is 4.39 Å². The maximum atomic E-state index is 14.3. The summed E-state index contributed by atoms with van der Waals surface area (Å²) in [7, 11) is 0. The highest BCUT2D eigenvalue weighted by Gasteiger charge is 2.25. The van der Waals surface area contributed by atoms with Crippen molar-refractivity contribution in [3.63, 3.8) is 0 Å². The molecular weight excluding hydrogens is 375 g/mol. The minimum atomic E-state index is -0.284. The van der Waals surface area contributed by atoms with Crippen LogP contribution in [0.2, 0.25) is 0 Å². The van der Waals surface area contributed by atoms with E-state index >= 15 is 0 Å². The predicted molar refractivity (Wildman–Crippen MR) is 116 cm³/mol. The Kier molecular flexibility index (Phi) is 5.63. The molecule has 0 aliphatic carbocycles. The molecule has 0 bridgehead atoms.